The summed E-state index contributed by atoms with van der Waals surface area (Å²) in [6.45, 7) is 3.15. The van der Waals surface area contributed by atoms with Gasteiger partial charge in [0.25, 0.3) is 5.69 Å². The van der Waals surface area contributed by atoms with Crippen LogP contribution in [0, 0.1) is 23.3 Å². The molecule has 1 heterocycles. The molecule has 2 rings (SSSR count). The van der Waals surface area contributed by atoms with E-state index in [2.05, 4.69) is 0 Å². The predicted octanol–water partition coefficient (Wildman–Crippen LogP) is 3.98. The molecule has 0 amide bonds. The summed E-state index contributed by atoms with van der Waals surface area (Å²) >= 11 is 0. The van der Waals surface area contributed by atoms with Crippen LogP contribution in [0.4, 0.5) is 23.2 Å². The normalized spacial score (nSPS) is 18.5. The highest BCUT2D eigenvalue weighted by Gasteiger charge is 2.51. The van der Waals surface area contributed by atoms with E-state index in [1.165, 1.54) is 4.58 Å². The number of aliphatic carboxylic acids is 1. The molecule has 31 heavy (non-hydrogen) atoms. The first-order valence-corrected chi connectivity index (χ1v) is 11.5. The largest absolute Gasteiger partial charge is 0.748 e. The summed E-state index contributed by atoms with van der Waals surface area (Å²) in [6.07, 6.45) is 1.66. The van der Waals surface area contributed by atoms with Gasteiger partial charge in [0.2, 0.25) is 11.6 Å². The predicted molar refractivity (Wildman–Crippen MR) is 104 cm³/mol. The average molecular weight is 467 g/mol. The van der Waals surface area contributed by atoms with E-state index in [9.17, 15) is 35.3 Å². The van der Waals surface area contributed by atoms with Crippen molar-refractivity contribution >= 4 is 27.5 Å². The van der Waals surface area contributed by atoms with Gasteiger partial charge < -0.3 is 9.66 Å². The van der Waals surface area contributed by atoms with Crippen molar-refractivity contribution in [3.05, 3.63) is 28.8 Å². The second kappa shape index (κ2) is 9.64. The molecular formula is C20H25F4NO5S. The maximum atomic E-state index is 14.8. The fraction of sp³-hybridized carbons (Fsp3) is 0.600. The number of benzene rings is 1. The van der Waals surface area contributed by atoms with Crippen LogP contribution in [0.1, 0.15) is 64.4 Å². The Morgan fingerprint density at radius 3 is 2.19 bits per heavy atom. The van der Waals surface area contributed by atoms with E-state index in [-0.39, 0.29) is 37.8 Å². The lowest BCUT2D eigenvalue weighted by atomic mass is 9.75. The Bertz CT molecular complexity index is 1010. The number of halogens is 4. The number of carboxylic acid groups (broad SMARTS) is 1. The summed E-state index contributed by atoms with van der Waals surface area (Å²) in [5.41, 5.74) is -1.46. The standard InChI is InChI=1S/C20H25F4NO5S/c1-12-20(2,9-5-3-4-8-13(26)27)14-15(21)16(22)17(23)18(24)19(14)25(12)10-6-7-11-31(28,29)30/h3-11H2,1-2H3,(H-,26,27,28,29,30). The monoisotopic (exact) mass is 467 g/mol. The highest BCUT2D eigenvalue weighted by Crippen LogP contribution is 2.47. The van der Waals surface area contributed by atoms with Crippen molar-refractivity contribution in [1.29, 1.82) is 0 Å². The maximum Gasteiger partial charge on any atom is 0.303 e. The first-order valence-electron chi connectivity index (χ1n) is 9.94. The summed E-state index contributed by atoms with van der Waals surface area (Å²) in [5.74, 6) is -8.41. The average Bonchev–Trinajstić information content (AvgIpc) is 2.88. The minimum atomic E-state index is -4.43. The third-order valence-electron chi connectivity index (χ3n) is 5.86. The highest BCUT2D eigenvalue weighted by molar-refractivity contribution is 7.85. The number of unbranched alkanes of at least 4 members (excludes halogenated alkanes) is 3. The quantitative estimate of drug-likeness (QED) is 0.133. The van der Waals surface area contributed by atoms with Crippen molar-refractivity contribution in [2.24, 2.45) is 0 Å². The van der Waals surface area contributed by atoms with Crippen LogP contribution >= 0.6 is 0 Å². The second-order valence-electron chi connectivity index (χ2n) is 7.97. The molecule has 1 atom stereocenters. The van der Waals surface area contributed by atoms with E-state index in [0.29, 0.717) is 25.0 Å². The fourth-order valence-electron chi connectivity index (χ4n) is 4.09. The number of nitrogens with zero attached hydrogens (tertiary/aromatic N) is 1. The van der Waals surface area contributed by atoms with Gasteiger partial charge in [-0.15, -0.1) is 0 Å². The number of rotatable bonds is 11. The van der Waals surface area contributed by atoms with Gasteiger partial charge in [-0.2, -0.15) is 8.97 Å². The molecule has 0 spiro atoms. The van der Waals surface area contributed by atoms with Crippen molar-refractivity contribution in [2.45, 2.75) is 64.2 Å². The zero-order valence-electron chi connectivity index (χ0n) is 17.3. The van der Waals surface area contributed by atoms with E-state index in [0.717, 1.165) is 0 Å². The molecule has 6 nitrogen and oxygen atoms in total. The molecule has 0 aliphatic carbocycles. The minimum absolute atomic E-state index is 0.00953. The molecule has 1 aromatic carbocycles. The van der Waals surface area contributed by atoms with Crippen LogP contribution in [-0.2, 0) is 20.3 Å². The fourth-order valence-corrected chi connectivity index (χ4v) is 4.65. The van der Waals surface area contributed by atoms with E-state index in [1.807, 2.05) is 0 Å². The van der Waals surface area contributed by atoms with Crippen LogP contribution in [0.3, 0.4) is 0 Å². The van der Waals surface area contributed by atoms with Crippen LogP contribution in [0.5, 0.6) is 0 Å². The number of carbonyl (C=O) groups is 1. The third kappa shape index (κ3) is 5.43. The van der Waals surface area contributed by atoms with Gasteiger partial charge in [-0.1, -0.05) is 12.8 Å². The first-order chi connectivity index (χ1) is 14.3. The van der Waals surface area contributed by atoms with Crippen molar-refractivity contribution in [3.8, 4) is 0 Å². The lowest BCUT2D eigenvalue weighted by molar-refractivity contribution is -0.442. The van der Waals surface area contributed by atoms with Crippen molar-refractivity contribution in [1.82, 2.24) is 0 Å². The smallest absolute Gasteiger partial charge is 0.303 e. The van der Waals surface area contributed by atoms with Gasteiger partial charge in [-0.25, -0.2) is 21.6 Å². The Morgan fingerprint density at radius 1 is 1.00 bits per heavy atom. The van der Waals surface area contributed by atoms with Crippen LogP contribution < -0.4 is 0 Å². The van der Waals surface area contributed by atoms with Crippen molar-refractivity contribution in [3.63, 3.8) is 0 Å². The maximum absolute atomic E-state index is 14.8. The Hall–Kier alpha value is -2.01. The second-order valence-corrected chi connectivity index (χ2v) is 9.50. The molecule has 1 N–H and O–H groups in total. The molecule has 174 valence electrons. The molecular weight excluding hydrogens is 442 g/mol. The van der Waals surface area contributed by atoms with E-state index < -0.39 is 56.2 Å². The molecule has 1 unspecified atom stereocenters. The number of carboxylic acids is 1. The van der Waals surface area contributed by atoms with Gasteiger partial charge in [0.15, 0.2) is 17.3 Å². The van der Waals surface area contributed by atoms with E-state index in [1.54, 1.807) is 13.8 Å². The molecule has 0 radical (unpaired) electrons. The van der Waals surface area contributed by atoms with Gasteiger partial charge in [0, 0.05) is 25.5 Å². The molecule has 0 saturated carbocycles. The Labute approximate surface area is 178 Å². The van der Waals surface area contributed by atoms with Crippen molar-refractivity contribution < 1.29 is 45.0 Å². The topological polar surface area (TPSA) is 97.5 Å². The lowest BCUT2D eigenvalue weighted by Crippen LogP contribution is -2.31. The van der Waals surface area contributed by atoms with Crippen LogP contribution in [0.25, 0.3) is 0 Å². The Kier molecular flexibility index (Phi) is 7.85. The molecule has 0 fully saturated rings. The van der Waals surface area contributed by atoms with Crippen LogP contribution in [0.2, 0.25) is 0 Å². The van der Waals surface area contributed by atoms with Gasteiger partial charge in [-0.3, -0.25) is 4.79 Å². The van der Waals surface area contributed by atoms with Crippen molar-refractivity contribution in [2.75, 3.05) is 12.3 Å². The van der Waals surface area contributed by atoms with Crippen LogP contribution in [-0.4, -0.2) is 46.6 Å². The van der Waals surface area contributed by atoms with Gasteiger partial charge in [0.1, 0.15) is 6.54 Å². The minimum Gasteiger partial charge on any atom is -0.748 e. The molecule has 0 aromatic heterocycles. The van der Waals surface area contributed by atoms with E-state index >= 15 is 0 Å². The molecule has 1 aliphatic rings. The summed E-state index contributed by atoms with van der Waals surface area (Å²) < 4.78 is 91.1. The molecule has 0 bridgehead atoms. The van der Waals surface area contributed by atoms with Crippen LogP contribution in [0.15, 0.2) is 0 Å². The Balaban J connectivity index is 2.37. The number of fused-ring (bicyclic) bond motifs is 1. The zero-order valence-corrected chi connectivity index (χ0v) is 18.1. The number of hydrogen-bond acceptors (Lipinski definition) is 4. The number of hydrogen-bond donors (Lipinski definition) is 1. The highest BCUT2D eigenvalue weighted by atomic mass is 32.2. The summed E-state index contributed by atoms with van der Waals surface area (Å²) in [4.78, 5) is 10.6. The molecule has 11 heteroatoms. The lowest BCUT2D eigenvalue weighted by Gasteiger charge is -2.22. The molecule has 1 aliphatic heterocycles. The Morgan fingerprint density at radius 2 is 1.61 bits per heavy atom. The zero-order chi connectivity index (χ0) is 23.6. The summed E-state index contributed by atoms with van der Waals surface area (Å²) in [5, 5.41) is 8.72. The van der Waals surface area contributed by atoms with Gasteiger partial charge >= 0.3 is 5.97 Å². The summed E-state index contributed by atoms with van der Waals surface area (Å²) in [7, 11) is -4.43. The SMILES string of the molecule is CC1=[N+](CCCCS(=O)(=O)[O-])c2c(F)c(F)c(F)c(F)c2C1(C)CCCCCC(=O)O. The van der Waals surface area contributed by atoms with E-state index in [4.69, 9.17) is 5.11 Å². The van der Waals surface area contributed by atoms with Gasteiger partial charge in [0.05, 0.1) is 21.1 Å². The molecule has 1 aromatic rings. The third-order valence-corrected chi connectivity index (χ3v) is 6.65. The summed E-state index contributed by atoms with van der Waals surface area (Å²) in [6, 6.07) is 0. The first kappa shape index (κ1) is 25.3. The molecule has 0 saturated heterocycles. The van der Waals surface area contributed by atoms with Gasteiger partial charge in [-0.05, 0) is 26.2 Å².